The standard InChI is InChI=1S/C13H17N5O/c1-9-10(8-18(3)17-9)7-16-13(19)12-6-11(14-2)4-5-15-12/h4-6,8H,7H2,1-3H3,(H,14,15)(H,16,19). The lowest BCUT2D eigenvalue weighted by atomic mass is 10.2. The lowest BCUT2D eigenvalue weighted by Crippen LogP contribution is -2.24. The van der Waals surface area contributed by atoms with Gasteiger partial charge in [0.05, 0.1) is 5.69 Å². The second-order valence-electron chi connectivity index (χ2n) is 4.28. The van der Waals surface area contributed by atoms with Gasteiger partial charge in [-0.05, 0) is 19.1 Å². The lowest BCUT2D eigenvalue weighted by Gasteiger charge is -2.05. The molecule has 0 aliphatic carbocycles. The van der Waals surface area contributed by atoms with E-state index >= 15 is 0 Å². The maximum atomic E-state index is 12.0. The van der Waals surface area contributed by atoms with Crippen LogP contribution in [-0.2, 0) is 13.6 Å². The molecule has 0 aromatic carbocycles. The molecule has 2 heterocycles. The molecule has 6 nitrogen and oxygen atoms in total. The predicted molar refractivity (Wildman–Crippen MR) is 72.9 cm³/mol. The largest absolute Gasteiger partial charge is 0.388 e. The molecule has 0 fully saturated rings. The van der Waals surface area contributed by atoms with Crippen LogP contribution in [0.4, 0.5) is 5.69 Å². The van der Waals surface area contributed by atoms with E-state index in [1.807, 2.05) is 26.2 Å². The molecule has 2 aromatic heterocycles. The number of carbonyl (C=O) groups excluding carboxylic acids is 1. The smallest absolute Gasteiger partial charge is 0.270 e. The molecule has 0 unspecified atom stereocenters. The molecule has 100 valence electrons. The number of hydrogen-bond donors (Lipinski definition) is 2. The van der Waals surface area contributed by atoms with E-state index in [2.05, 4.69) is 20.7 Å². The molecule has 2 N–H and O–H groups in total. The van der Waals surface area contributed by atoms with Gasteiger partial charge in [0.15, 0.2) is 0 Å². The maximum absolute atomic E-state index is 12.0. The van der Waals surface area contributed by atoms with Crippen LogP contribution in [0.5, 0.6) is 0 Å². The predicted octanol–water partition coefficient (Wildman–Crippen LogP) is 1.10. The second-order valence-corrected chi connectivity index (χ2v) is 4.28. The first-order chi connectivity index (χ1) is 9.10. The number of nitrogens with one attached hydrogen (secondary N) is 2. The average molecular weight is 259 g/mol. The number of rotatable bonds is 4. The van der Waals surface area contributed by atoms with Gasteiger partial charge in [0, 0.05) is 44.3 Å². The summed E-state index contributed by atoms with van der Waals surface area (Å²) in [6.45, 7) is 2.37. The summed E-state index contributed by atoms with van der Waals surface area (Å²) in [5.41, 5.74) is 3.17. The average Bonchev–Trinajstić information content (AvgIpc) is 2.74. The Labute approximate surface area is 111 Å². The number of amides is 1. The third-order valence-corrected chi connectivity index (χ3v) is 2.84. The Balaban J connectivity index is 2.03. The molecule has 0 saturated carbocycles. The van der Waals surface area contributed by atoms with E-state index < -0.39 is 0 Å². The van der Waals surface area contributed by atoms with Crippen molar-refractivity contribution in [3.8, 4) is 0 Å². The Morgan fingerprint density at radius 3 is 2.89 bits per heavy atom. The van der Waals surface area contributed by atoms with Gasteiger partial charge in [0.2, 0.25) is 0 Å². The van der Waals surface area contributed by atoms with Gasteiger partial charge in [0.1, 0.15) is 5.69 Å². The van der Waals surface area contributed by atoms with Crippen LogP contribution in [-0.4, -0.2) is 27.7 Å². The van der Waals surface area contributed by atoms with E-state index in [1.165, 1.54) is 0 Å². The molecule has 2 rings (SSSR count). The number of anilines is 1. The van der Waals surface area contributed by atoms with E-state index in [1.54, 1.807) is 24.0 Å². The van der Waals surface area contributed by atoms with Gasteiger partial charge >= 0.3 is 0 Å². The first kappa shape index (κ1) is 13.1. The van der Waals surface area contributed by atoms with E-state index in [0.29, 0.717) is 12.2 Å². The molecule has 0 aliphatic rings. The monoisotopic (exact) mass is 259 g/mol. The molecule has 0 bridgehead atoms. The van der Waals surface area contributed by atoms with E-state index in [4.69, 9.17) is 0 Å². The highest BCUT2D eigenvalue weighted by molar-refractivity contribution is 5.93. The van der Waals surface area contributed by atoms with Crippen molar-refractivity contribution < 1.29 is 4.79 Å². The van der Waals surface area contributed by atoms with Crippen LogP contribution in [0.1, 0.15) is 21.7 Å². The fourth-order valence-electron chi connectivity index (χ4n) is 1.80. The zero-order valence-corrected chi connectivity index (χ0v) is 11.3. The van der Waals surface area contributed by atoms with E-state index in [9.17, 15) is 4.79 Å². The molecule has 19 heavy (non-hydrogen) atoms. The van der Waals surface area contributed by atoms with Gasteiger partial charge in [-0.3, -0.25) is 14.5 Å². The Kier molecular flexibility index (Phi) is 3.79. The molecule has 0 saturated heterocycles. The van der Waals surface area contributed by atoms with Crippen LogP contribution >= 0.6 is 0 Å². The van der Waals surface area contributed by atoms with Crippen molar-refractivity contribution in [2.24, 2.45) is 7.05 Å². The molecular formula is C13H17N5O. The zero-order chi connectivity index (χ0) is 13.8. The third kappa shape index (κ3) is 3.09. The molecule has 1 amide bonds. The fraction of sp³-hybridized carbons (Fsp3) is 0.308. The van der Waals surface area contributed by atoms with Gasteiger partial charge in [-0.15, -0.1) is 0 Å². The van der Waals surface area contributed by atoms with Crippen molar-refractivity contribution in [3.05, 3.63) is 41.5 Å². The van der Waals surface area contributed by atoms with Crippen molar-refractivity contribution >= 4 is 11.6 Å². The Morgan fingerprint density at radius 2 is 2.26 bits per heavy atom. The summed E-state index contributed by atoms with van der Waals surface area (Å²) < 4.78 is 1.73. The first-order valence-electron chi connectivity index (χ1n) is 6.01. The summed E-state index contributed by atoms with van der Waals surface area (Å²) >= 11 is 0. The Morgan fingerprint density at radius 1 is 1.47 bits per heavy atom. The van der Waals surface area contributed by atoms with Crippen molar-refractivity contribution in [3.63, 3.8) is 0 Å². The van der Waals surface area contributed by atoms with Crippen molar-refractivity contribution in [2.45, 2.75) is 13.5 Å². The van der Waals surface area contributed by atoms with Crippen LogP contribution in [0.2, 0.25) is 0 Å². The first-order valence-corrected chi connectivity index (χ1v) is 6.01. The van der Waals surface area contributed by atoms with Gasteiger partial charge in [-0.2, -0.15) is 5.10 Å². The lowest BCUT2D eigenvalue weighted by molar-refractivity contribution is 0.0946. The summed E-state index contributed by atoms with van der Waals surface area (Å²) in [4.78, 5) is 16.0. The highest BCUT2D eigenvalue weighted by atomic mass is 16.1. The van der Waals surface area contributed by atoms with Crippen LogP contribution in [0.15, 0.2) is 24.5 Å². The summed E-state index contributed by atoms with van der Waals surface area (Å²) in [5.74, 6) is -0.194. The minimum Gasteiger partial charge on any atom is -0.388 e. The van der Waals surface area contributed by atoms with Crippen molar-refractivity contribution in [2.75, 3.05) is 12.4 Å². The van der Waals surface area contributed by atoms with Gasteiger partial charge in [0.25, 0.3) is 5.91 Å². The van der Waals surface area contributed by atoms with Crippen LogP contribution < -0.4 is 10.6 Å². The number of aryl methyl sites for hydroxylation is 2. The highest BCUT2D eigenvalue weighted by Gasteiger charge is 2.09. The molecule has 0 spiro atoms. The molecule has 0 radical (unpaired) electrons. The summed E-state index contributed by atoms with van der Waals surface area (Å²) in [7, 11) is 3.66. The zero-order valence-electron chi connectivity index (χ0n) is 11.3. The number of pyridine rings is 1. The molecule has 6 heteroatoms. The van der Waals surface area contributed by atoms with Crippen LogP contribution in [0.3, 0.4) is 0 Å². The number of aromatic nitrogens is 3. The third-order valence-electron chi connectivity index (χ3n) is 2.84. The summed E-state index contributed by atoms with van der Waals surface area (Å²) in [6.07, 6.45) is 3.50. The Bertz CT molecular complexity index is 590. The normalized spacial score (nSPS) is 10.3. The number of hydrogen-bond acceptors (Lipinski definition) is 4. The summed E-state index contributed by atoms with van der Waals surface area (Å²) in [6, 6.07) is 3.52. The van der Waals surface area contributed by atoms with Crippen LogP contribution in [0, 0.1) is 6.92 Å². The molecular weight excluding hydrogens is 242 g/mol. The minimum atomic E-state index is -0.194. The fourth-order valence-corrected chi connectivity index (χ4v) is 1.80. The van der Waals surface area contributed by atoms with E-state index in [0.717, 1.165) is 16.9 Å². The highest BCUT2D eigenvalue weighted by Crippen LogP contribution is 2.08. The molecule has 0 aliphatic heterocycles. The molecule has 2 aromatic rings. The van der Waals surface area contributed by atoms with E-state index in [-0.39, 0.29) is 5.91 Å². The van der Waals surface area contributed by atoms with Crippen molar-refractivity contribution in [1.29, 1.82) is 0 Å². The number of nitrogens with zero attached hydrogens (tertiary/aromatic N) is 3. The van der Waals surface area contributed by atoms with Gasteiger partial charge in [-0.1, -0.05) is 0 Å². The SMILES string of the molecule is CNc1ccnc(C(=O)NCc2cn(C)nc2C)c1. The van der Waals surface area contributed by atoms with Crippen LogP contribution in [0.25, 0.3) is 0 Å². The van der Waals surface area contributed by atoms with Crippen molar-refractivity contribution in [1.82, 2.24) is 20.1 Å². The van der Waals surface area contributed by atoms with Gasteiger partial charge in [-0.25, -0.2) is 0 Å². The molecule has 0 atom stereocenters. The minimum absolute atomic E-state index is 0.194. The second kappa shape index (κ2) is 5.51. The summed E-state index contributed by atoms with van der Waals surface area (Å²) in [5, 5.41) is 10.0. The maximum Gasteiger partial charge on any atom is 0.270 e. The van der Waals surface area contributed by atoms with Gasteiger partial charge < -0.3 is 10.6 Å². The Hall–Kier alpha value is -2.37. The topological polar surface area (TPSA) is 71.8 Å². The number of carbonyl (C=O) groups is 1. The quantitative estimate of drug-likeness (QED) is 0.862.